The Morgan fingerprint density at radius 2 is 2.16 bits per heavy atom. The van der Waals surface area contributed by atoms with Gasteiger partial charge in [0.2, 0.25) is 6.39 Å². The summed E-state index contributed by atoms with van der Waals surface area (Å²) in [6.07, 6.45) is 3.65. The summed E-state index contributed by atoms with van der Waals surface area (Å²) in [6.45, 7) is 4.04. The van der Waals surface area contributed by atoms with Crippen LogP contribution >= 0.6 is 0 Å². The number of rotatable bonds is 3. The predicted octanol–water partition coefficient (Wildman–Crippen LogP) is 2.18. The van der Waals surface area contributed by atoms with Gasteiger partial charge >= 0.3 is 0 Å². The van der Waals surface area contributed by atoms with Gasteiger partial charge in [-0.25, -0.2) is 0 Å². The zero-order chi connectivity index (χ0) is 13.1. The molecule has 0 radical (unpaired) electrons. The first kappa shape index (κ1) is 12.2. The average molecular weight is 259 g/mol. The van der Waals surface area contributed by atoms with Crippen molar-refractivity contribution in [1.29, 1.82) is 0 Å². The van der Waals surface area contributed by atoms with E-state index in [0.717, 1.165) is 42.8 Å². The second-order valence-electron chi connectivity index (χ2n) is 4.76. The van der Waals surface area contributed by atoms with E-state index in [9.17, 15) is 0 Å². The Morgan fingerprint density at radius 1 is 1.32 bits per heavy atom. The summed E-state index contributed by atoms with van der Waals surface area (Å²) in [6, 6.07) is 5.98. The minimum absolute atomic E-state index is 0.254. The number of ether oxygens (including phenoxy) is 1. The quantitative estimate of drug-likeness (QED) is 0.915. The lowest BCUT2D eigenvalue weighted by Crippen LogP contribution is -2.34. The molecule has 1 aromatic heterocycles. The SMILES string of the molecule is Cc1cccc(OC2CCNCC2)c1-c1nnco1. The smallest absolute Gasteiger partial charge is 0.251 e. The lowest BCUT2D eigenvalue weighted by Gasteiger charge is -2.25. The fourth-order valence-electron chi connectivity index (χ4n) is 2.39. The first-order valence-electron chi connectivity index (χ1n) is 6.58. The maximum Gasteiger partial charge on any atom is 0.251 e. The van der Waals surface area contributed by atoms with Crippen LogP contribution in [0, 0.1) is 6.92 Å². The van der Waals surface area contributed by atoms with Crippen molar-refractivity contribution in [1.82, 2.24) is 15.5 Å². The van der Waals surface area contributed by atoms with Gasteiger partial charge in [-0.1, -0.05) is 12.1 Å². The van der Waals surface area contributed by atoms with E-state index >= 15 is 0 Å². The monoisotopic (exact) mass is 259 g/mol. The van der Waals surface area contributed by atoms with Gasteiger partial charge in [0.05, 0.1) is 5.56 Å². The van der Waals surface area contributed by atoms with Crippen molar-refractivity contribution < 1.29 is 9.15 Å². The van der Waals surface area contributed by atoms with E-state index in [1.807, 2.05) is 25.1 Å². The molecule has 0 bridgehead atoms. The first-order valence-corrected chi connectivity index (χ1v) is 6.58. The molecule has 19 heavy (non-hydrogen) atoms. The highest BCUT2D eigenvalue weighted by Gasteiger charge is 2.19. The molecule has 1 aliphatic heterocycles. The lowest BCUT2D eigenvalue weighted by molar-refractivity contribution is 0.163. The summed E-state index contributed by atoms with van der Waals surface area (Å²) in [5.74, 6) is 1.35. The largest absolute Gasteiger partial charge is 0.489 e. The molecule has 5 heteroatoms. The molecule has 0 saturated carbocycles. The molecule has 0 spiro atoms. The highest BCUT2D eigenvalue weighted by molar-refractivity contribution is 5.66. The third-order valence-electron chi connectivity index (χ3n) is 3.39. The van der Waals surface area contributed by atoms with Gasteiger partial charge in [0, 0.05) is 0 Å². The van der Waals surface area contributed by atoms with Crippen molar-refractivity contribution in [2.45, 2.75) is 25.9 Å². The van der Waals surface area contributed by atoms with E-state index in [0.29, 0.717) is 5.89 Å². The van der Waals surface area contributed by atoms with Crippen molar-refractivity contribution in [2.24, 2.45) is 0 Å². The minimum Gasteiger partial charge on any atom is -0.489 e. The highest BCUT2D eigenvalue weighted by atomic mass is 16.5. The van der Waals surface area contributed by atoms with Gasteiger partial charge in [-0.15, -0.1) is 10.2 Å². The molecule has 2 heterocycles. The van der Waals surface area contributed by atoms with E-state index in [-0.39, 0.29) is 6.10 Å². The Morgan fingerprint density at radius 3 is 2.89 bits per heavy atom. The van der Waals surface area contributed by atoms with Gasteiger partial charge < -0.3 is 14.5 Å². The van der Waals surface area contributed by atoms with E-state index in [4.69, 9.17) is 9.15 Å². The summed E-state index contributed by atoms with van der Waals surface area (Å²) in [4.78, 5) is 0. The fraction of sp³-hybridized carbons (Fsp3) is 0.429. The van der Waals surface area contributed by atoms with E-state index in [1.165, 1.54) is 6.39 Å². The van der Waals surface area contributed by atoms with Crippen LogP contribution < -0.4 is 10.1 Å². The summed E-state index contributed by atoms with van der Waals surface area (Å²) < 4.78 is 11.4. The highest BCUT2D eigenvalue weighted by Crippen LogP contribution is 2.33. The Labute approximate surface area is 112 Å². The van der Waals surface area contributed by atoms with Gasteiger partial charge in [0.25, 0.3) is 5.89 Å². The molecule has 1 aromatic carbocycles. The molecular weight excluding hydrogens is 242 g/mol. The van der Waals surface area contributed by atoms with Gasteiger partial charge in [-0.05, 0) is 44.5 Å². The first-order chi connectivity index (χ1) is 9.34. The van der Waals surface area contributed by atoms with Crippen LogP contribution in [-0.4, -0.2) is 29.4 Å². The third kappa shape index (κ3) is 2.61. The summed E-state index contributed by atoms with van der Waals surface area (Å²) in [7, 11) is 0. The van der Waals surface area contributed by atoms with Gasteiger partial charge in [0.15, 0.2) is 0 Å². The second-order valence-corrected chi connectivity index (χ2v) is 4.76. The van der Waals surface area contributed by atoms with Crippen LogP contribution in [0.25, 0.3) is 11.5 Å². The zero-order valence-electron chi connectivity index (χ0n) is 10.9. The molecule has 0 unspecified atom stereocenters. The fourth-order valence-corrected chi connectivity index (χ4v) is 2.39. The molecule has 0 aliphatic carbocycles. The normalized spacial score (nSPS) is 16.5. The Hall–Kier alpha value is -1.88. The second kappa shape index (κ2) is 5.40. The molecule has 0 amide bonds. The molecule has 5 nitrogen and oxygen atoms in total. The van der Waals surface area contributed by atoms with Crippen molar-refractivity contribution in [3.05, 3.63) is 30.2 Å². The van der Waals surface area contributed by atoms with Crippen LogP contribution in [0.15, 0.2) is 29.0 Å². The van der Waals surface area contributed by atoms with Gasteiger partial charge in [-0.3, -0.25) is 0 Å². The minimum atomic E-state index is 0.254. The molecule has 0 atom stereocenters. The zero-order valence-corrected chi connectivity index (χ0v) is 10.9. The Balaban J connectivity index is 1.90. The molecule has 3 rings (SSSR count). The molecule has 2 aromatic rings. The molecule has 1 aliphatic rings. The van der Waals surface area contributed by atoms with Gasteiger partial charge in [-0.2, -0.15) is 0 Å². The van der Waals surface area contributed by atoms with Crippen LogP contribution in [0.3, 0.4) is 0 Å². The predicted molar refractivity (Wildman–Crippen MR) is 71.0 cm³/mol. The Bertz CT molecular complexity index is 534. The van der Waals surface area contributed by atoms with E-state index in [2.05, 4.69) is 15.5 Å². The number of benzene rings is 1. The van der Waals surface area contributed by atoms with Crippen LogP contribution in [0.4, 0.5) is 0 Å². The van der Waals surface area contributed by atoms with Crippen molar-refractivity contribution >= 4 is 0 Å². The number of aryl methyl sites for hydroxylation is 1. The van der Waals surface area contributed by atoms with Crippen LogP contribution in [0.1, 0.15) is 18.4 Å². The topological polar surface area (TPSA) is 60.2 Å². The summed E-state index contributed by atoms with van der Waals surface area (Å²) >= 11 is 0. The number of aromatic nitrogens is 2. The molecular formula is C14H17N3O2. The van der Waals surface area contributed by atoms with E-state index in [1.54, 1.807) is 0 Å². The molecule has 1 saturated heterocycles. The van der Waals surface area contributed by atoms with Crippen LogP contribution in [0.2, 0.25) is 0 Å². The van der Waals surface area contributed by atoms with Crippen molar-refractivity contribution in [2.75, 3.05) is 13.1 Å². The molecule has 1 fully saturated rings. The summed E-state index contributed by atoms with van der Waals surface area (Å²) in [5.41, 5.74) is 1.98. The Kier molecular flexibility index (Phi) is 3.46. The molecule has 100 valence electrons. The molecule has 1 N–H and O–H groups in total. The third-order valence-corrected chi connectivity index (χ3v) is 3.39. The van der Waals surface area contributed by atoms with Crippen LogP contribution in [-0.2, 0) is 0 Å². The number of hydrogen-bond acceptors (Lipinski definition) is 5. The number of piperidine rings is 1. The van der Waals surface area contributed by atoms with Gasteiger partial charge in [0.1, 0.15) is 11.9 Å². The number of nitrogens with zero attached hydrogens (tertiary/aromatic N) is 2. The number of hydrogen-bond donors (Lipinski definition) is 1. The maximum atomic E-state index is 6.12. The van der Waals surface area contributed by atoms with Crippen molar-refractivity contribution in [3.8, 4) is 17.2 Å². The van der Waals surface area contributed by atoms with Crippen LogP contribution in [0.5, 0.6) is 5.75 Å². The standard InChI is InChI=1S/C14H17N3O2/c1-10-3-2-4-12(13(10)14-17-16-9-18-14)19-11-5-7-15-8-6-11/h2-4,9,11,15H,5-8H2,1H3. The summed E-state index contributed by atoms with van der Waals surface area (Å²) in [5, 5.41) is 11.1. The van der Waals surface area contributed by atoms with E-state index < -0.39 is 0 Å². The average Bonchev–Trinajstić information content (AvgIpc) is 2.94. The number of nitrogens with one attached hydrogen (secondary N) is 1. The lowest BCUT2D eigenvalue weighted by atomic mass is 10.1. The van der Waals surface area contributed by atoms with Crippen molar-refractivity contribution in [3.63, 3.8) is 0 Å². The maximum absolute atomic E-state index is 6.12.